The van der Waals surface area contributed by atoms with Gasteiger partial charge in [0, 0.05) is 30.9 Å². The van der Waals surface area contributed by atoms with Gasteiger partial charge in [0.2, 0.25) is 5.95 Å². The Morgan fingerprint density at radius 3 is 2.55 bits per heavy atom. The van der Waals surface area contributed by atoms with Gasteiger partial charge in [0.05, 0.1) is 11.5 Å². The number of aryl methyl sites for hydroxylation is 1. The average molecular weight is 324 g/mol. The van der Waals surface area contributed by atoms with Crippen LogP contribution in [0.2, 0.25) is 0 Å². The molecule has 1 aromatic rings. The zero-order valence-corrected chi connectivity index (χ0v) is 13.9. The van der Waals surface area contributed by atoms with Gasteiger partial charge in [-0.2, -0.15) is 4.98 Å². The molecular weight excluding hydrogens is 300 g/mol. The Labute approximate surface area is 132 Å². The Kier molecular flexibility index (Phi) is 4.52. The summed E-state index contributed by atoms with van der Waals surface area (Å²) in [7, 11) is -2.89. The highest BCUT2D eigenvalue weighted by atomic mass is 32.2. The van der Waals surface area contributed by atoms with Crippen LogP contribution >= 0.6 is 0 Å². The quantitative estimate of drug-likeness (QED) is 0.913. The number of hydrogen-bond acceptors (Lipinski definition) is 6. The van der Waals surface area contributed by atoms with E-state index in [0.29, 0.717) is 12.4 Å². The van der Waals surface area contributed by atoms with Gasteiger partial charge in [0.1, 0.15) is 5.82 Å². The van der Waals surface area contributed by atoms with E-state index in [1.54, 1.807) is 0 Å². The van der Waals surface area contributed by atoms with Crippen molar-refractivity contribution in [3.8, 4) is 0 Å². The largest absolute Gasteiger partial charge is 0.356 e. The Bertz CT molecular complexity index is 624. The average Bonchev–Trinajstić information content (AvgIpc) is 2.67. The van der Waals surface area contributed by atoms with Crippen LogP contribution in [0.1, 0.15) is 37.8 Å². The molecule has 2 saturated heterocycles. The Balaban J connectivity index is 1.74. The van der Waals surface area contributed by atoms with E-state index in [0.717, 1.165) is 24.6 Å². The van der Waals surface area contributed by atoms with Gasteiger partial charge in [-0.05, 0) is 26.2 Å². The lowest BCUT2D eigenvalue weighted by Crippen LogP contribution is -2.27. The van der Waals surface area contributed by atoms with E-state index in [1.165, 1.54) is 25.7 Å². The van der Waals surface area contributed by atoms with Crippen LogP contribution < -0.4 is 10.2 Å². The fourth-order valence-corrected chi connectivity index (χ4v) is 4.84. The molecule has 3 heterocycles. The summed E-state index contributed by atoms with van der Waals surface area (Å²) in [4.78, 5) is 11.4. The minimum absolute atomic E-state index is 0.0659. The van der Waals surface area contributed by atoms with Crippen LogP contribution in [0.4, 0.5) is 11.8 Å². The van der Waals surface area contributed by atoms with E-state index in [1.807, 2.05) is 13.0 Å². The summed E-state index contributed by atoms with van der Waals surface area (Å²) in [6.45, 7) is 4.03. The Morgan fingerprint density at radius 1 is 1.18 bits per heavy atom. The van der Waals surface area contributed by atoms with Crippen molar-refractivity contribution < 1.29 is 8.42 Å². The molecule has 1 atom stereocenters. The molecule has 0 aromatic carbocycles. The van der Waals surface area contributed by atoms with E-state index in [9.17, 15) is 8.42 Å². The number of aromatic nitrogens is 2. The van der Waals surface area contributed by atoms with Crippen molar-refractivity contribution in [2.75, 3.05) is 34.8 Å². The lowest BCUT2D eigenvalue weighted by molar-refractivity contribution is 0.602. The van der Waals surface area contributed by atoms with Crippen molar-refractivity contribution in [3.05, 3.63) is 11.8 Å². The molecule has 3 rings (SSSR count). The van der Waals surface area contributed by atoms with E-state index in [2.05, 4.69) is 20.2 Å². The van der Waals surface area contributed by atoms with Crippen LogP contribution in [0.5, 0.6) is 0 Å². The number of anilines is 2. The first kappa shape index (κ1) is 15.5. The van der Waals surface area contributed by atoms with Crippen molar-refractivity contribution in [1.82, 2.24) is 9.97 Å². The lowest BCUT2D eigenvalue weighted by Gasteiger charge is -2.22. The van der Waals surface area contributed by atoms with Crippen molar-refractivity contribution in [2.24, 2.45) is 0 Å². The molecule has 0 radical (unpaired) electrons. The van der Waals surface area contributed by atoms with Gasteiger partial charge < -0.3 is 10.2 Å². The van der Waals surface area contributed by atoms with E-state index < -0.39 is 9.84 Å². The fraction of sp³-hybridized carbons (Fsp3) is 0.733. The SMILES string of the molecule is Cc1cc(N2CCCCCC2)nc(NC2CCS(=O)(=O)C2)n1. The van der Waals surface area contributed by atoms with Crippen LogP contribution in [0, 0.1) is 6.92 Å². The first-order chi connectivity index (χ1) is 10.5. The second-order valence-electron chi connectivity index (χ2n) is 6.34. The molecule has 0 bridgehead atoms. The molecule has 1 unspecified atom stereocenters. The predicted octanol–water partition coefficient (Wildman–Crippen LogP) is 1.76. The summed E-state index contributed by atoms with van der Waals surface area (Å²) in [6.07, 6.45) is 5.61. The minimum Gasteiger partial charge on any atom is -0.356 e. The van der Waals surface area contributed by atoms with E-state index in [4.69, 9.17) is 0 Å². The third kappa shape index (κ3) is 3.88. The smallest absolute Gasteiger partial charge is 0.225 e. The first-order valence-corrected chi connectivity index (χ1v) is 9.92. The number of rotatable bonds is 3. The highest BCUT2D eigenvalue weighted by Gasteiger charge is 2.28. The van der Waals surface area contributed by atoms with Gasteiger partial charge in [0.15, 0.2) is 9.84 Å². The molecule has 7 heteroatoms. The number of hydrogen-bond donors (Lipinski definition) is 1. The molecule has 0 aliphatic carbocycles. The maximum Gasteiger partial charge on any atom is 0.225 e. The normalized spacial score (nSPS) is 25.0. The van der Waals surface area contributed by atoms with Gasteiger partial charge in [-0.1, -0.05) is 12.8 Å². The molecule has 122 valence electrons. The molecule has 0 saturated carbocycles. The number of nitrogens with one attached hydrogen (secondary N) is 1. The summed E-state index contributed by atoms with van der Waals surface area (Å²) in [5.41, 5.74) is 0.914. The summed E-state index contributed by atoms with van der Waals surface area (Å²) in [5, 5.41) is 3.20. The molecular formula is C15H24N4O2S. The number of sulfone groups is 1. The third-order valence-electron chi connectivity index (χ3n) is 4.34. The molecule has 2 fully saturated rings. The van der Waals surface area contributed by atoms with Crippen LogP contribution in [-0.4, -0.2) is 49.0 Å². The van der Waals surface area contributed by atoms with Crippen LogP contribution in [0.3, 0.4) is 0 Å². The van der Waals surface area contributed by atoms with Gasteiger partial charge in [-0.3, -0.25) is 0 Å². The molecule has 2 aliphatic heterocycles. The second-order valence-corrected chi connectivity index (χ2v) is 8.57. The highest BCUT2D eigenvalue weighted by Crippen LogP contribution is 2.21. The van der Waals surface area contributed by atoms with E-state index >= 15 is 0 Å². The van der Waals surface area contributed by atoms with Gasteiger partial charge in [-0.15, -0.1) is 0 Å². The van der Waals surface area contributed by atoms with Gasteiger partial charge in [0.25, 0.3) is 0 Å². The minimum atomic E-state index is -2.89. The summed E-state index contributed by atoms with van der Waals surface area (Å²) >= 11 is 0. The van der Waals surface area contributed by atoms with Crippen molar-refractivity contribution in [1.29, 1.82) is 0 Å². The summed E-state index contributed by atoms with van der Waals surface area (Å²) in [6, 6.07) is 1.95. The van der Waals surface area contributed by atoms with Crippen molar-refractivity contribution >= 4 is 21.6 Å². The summed E-state index contributed by atoms with van der Waals surface area (Å²) < 4.78 is 23.1. The zero-order valence-electron chi connectivity index (χ0n) is 13.1. The molecule has 22 heavy (non-hydrogen) atoms. The molecule has 1 aromatic heterocycles. The lowest BCUT2D eigenvalue weighted by atomic mass is 10.2. The topological polar surface area (TPSA) is 75.2 Å². The highest BCUT2D eigenvalue weighted by molar-refractivity contribution is 7.91. The standard InChI is InChI=1S/C15H24N4O2S/c1-12-10-14(19-7-4-2-3-5-8-19)18-15(16-12)17-13-6-9-22(20,21)11-13/h10,13H,2-9,11H2,1H3,(H,16,17,18). The molecule has 0 spiro atoms. The molecule has 0 amide bonds. The zero-order chi connectivity index (χ0) is 15.6. The molecule has 1 N–H and O–H groups in total. The predicted molar refractivity (Wildman–Crippen MR) is 88.1 cm³/mol. The van der Waals surface area contributed by atoms with Crippen molar-refractivity contribution in [3.63, 3.8) is 0 Å². The maximum absolute atomic E-state index is 11.6. The summed E-state index contributed by atoms with van der Waals surface area (Å²) in [5.74, 6) is 1.96. The third-order valence-corrected chi connectivity index (χ3v) is 6.10. The second kappa shape index (κ2) is 6.40. The molecule has 6 nitrogen and oxygen atoms in total. The van der Waals surface area contributed by atoms with Crippen LogP contribution in [0.15, 0.2) is 6.07 Å². The molecule has 2 aliphatic rings. The fourth-order valence-electron chi connectivity index (χ4n) is 3.17. The van der Waals surface area contributed by atoms with Crippen LogP contribution in [0.25, 0.3) is 0 Å². The van der Waals surface area contributed by atoms with Crippen molar-refractivity contribution in [2.45, 2.75) is 45.1 Å². The Hall–Kier alpha value is -1.37. The van der Waals surface area contributed by atoms with Gasteiger partial charge in [-0.25, -0.2) is 13.4 Å². The van der Waals surface area contributed by atoms with E-state index in [-0.39, 0.29) is 17.5 Å². The first-order valence-electron chi connectivity index (χ1n) is 8.09. The van der Waals surface area contributed by atoms with Gasteiger partial charge >= 0.3 is 0 Å². The monoisotopic (exact) mass is 324 g/mol. The Morgan fingerprint density at radius 2 is 1.91 bits per heavy atom. The number of nitrogens with zero attached hydrogens (tertiary/aromatic N) is 3. The maximum atomic E-state index is 11.6. The van der Waals surface area contributed by atoms with Crippen LogP contribution in [-0.2, 0) is 9.84 Å².